The third kappa shape index (κ3) is 3.86. The number of benzene rings is 2. The van der Waals surface area contributed by atoms with E-state index in [9.17, 15) is 5.26 Å². The molecule has 1 heterocycles. The van der Waals surface area contributed by atoms with Crippen molar-refractivity contribution in [1.29, 1.82) is 10.5 Å². The Morgan fingerprint density at radius 1 is 1.11 bits per heavy atom. The zero-order valence-electron chi connectivity index (χ0n) is 15.7. The van der Waals surface area contributed by atoms with E-state index in [1.54, 1.807) is 31.4 Å². The fourth-order valence-corrected chi connectivity index (χ4v) is 3.10. The first-order valence-corrected chi connectivity index (χ1v) is 8.64. The molecule has 0 spiro atoms. The number of aromatic nitrogens is 1. The van der Waals surface area contributed by atoms with E-state index in [1.165, 1.54) is 5.92 Å². The zero-order chi connectivity index (χ0) is 19.4. The molecule has 0 saturated carbocycles. The Balaban J connectivity index is 2.05. The van der Waals surface area contributed by atoms with Gasteiger partial charge in [0.1, 0.15) is 5.75 Å². The summed E-state index contributed by atoms with van der Waals surface area (Å²) in [4.78, 5) is 0. The van der Waals surface area contributed by atoms with E-state index < -0.39 is 0 Å². The standard InChI is InChI=1S/C23H20N3O/c1-16(2)15-26-9-8-19-11-18(5-6-22(19)26)21(14-25)12-20-10-17(13-24)4-7-23(20)27-3/h4-12H,15H2,1-3H3/b21-12+. The van der Waals surface area contributed by atoms with Crippen molar-refractivity contribution in [2.24, 2.45) is 0 Å². The van der Waals surface area contributed by atoms with Crippen LogP contribution in [-0.2, 0) is 6.54 Å². The summed E-state index contributed by atoms with van der Waals surface area (Å²) >= 11 is 0. The van der Waals surface area contributed by atoms with E-state index in [1.807, 2.05) is 18.2 Å². The molecule has 0 N–H and O–H groups in total. The van der Waals surface area contributed by atoms with Crippen LogP contribution < -0.4 is 4.74 Å². The fraction of sp³-hybridized carbons (Fsp3) is 0.174. The Morgan fingerprint density at radius 2 is 1.93 bits per heavy atom. The van der Waals surface area contributed by atoms with Gasteiger partial charge in [-0.2, -0.15) is 10.5 Å². The second kappa shape index (κ2) is 7.81. The average Bonchev–Trinajstić information content (AvgIpc) is 3.07. The largest absolute Gasteiger partial charge is 0.496 e. The van der Waals surface area contributed by atoms with Crippen molar-refractivity contribution < 1.29 is 4.74 Å². The molecule has 4 nitrogen and oxygen atoms in total. The third-order valence-electron chi connectivity index (χ3n) is 4.35. The van der Waals surface area contributed by atoms with Crippen molar-refractivity contribution in [2.75, 3.05) is 7.11 Å². The number of ether oxygens (including phenoxy) is 1. The molecule has 1 radical (unpaired) electrons. The first-order chi connectivity index (χ1) is 13.0. The van der Waals surface area contributed by atoms with Crippen LogP contribution in [0.15, 0.2) is 48.7 Å². The van der Waals surface area contributed by atoms with E-state index in [-0.39, 0.29) is 0 Å². The molecule has 1 aromatic heterocycles. The molecule has 3 aromatic rings. The van der Waals surface area contributed by atoms with Crippen LogP contribution in [0.1, 0.15) is 30.5 Å². The normalized spacial score (nSPS) is 11.4. The third-order valence-corrected chi connectivity index (χ3v) is 4.35. The van der Waals surface area contributed by atoms with Gasteiger partial charge in [-0.1, -0.05) is 19.9 Å². The second-order valence-corrected chi connectivity index (χ2v) is 6.66. The lowest BCUT2D eigenvalue weighted by atomic mass is 10.0. The van der Waals surface area contributed by atoms with Crippen molar-refractivity contribution in [3.8, 4) is 17.9 Å². The van der Waals surface area contributed by atoms with E-state index in [0.29, 0.717) is 22.4 Å². The van der Waals surface area contributed by atoms with Gasteiger partial charge in [-0.05, 0) is 54.0 Å². The summed E-state index contributed by atoms with van der Waals surface area (Å²) in [7, 11) is 1.58. The van der Waals surface area contributed by atoms with Gasteiger partial charge in [-0.25, -0.2) is 0 Å². The molecule has 0 saturated heterocycles. The molecule has 0 fully saturated rings. The molecule has 0 aliphatic heterocycles. The SMILES string of the molecule is COc1ccc(C#N)cc1/C=C(\C#N)c1ccc2c(ccn2C[C](C)C)c1. The van der Waals surface area contributed by atoms with Crippen molar-refractivity contribution in [2.45, 2.75) is 20.4 Å². The molecule has 4 heteroatoms. The number of hydrogen-bond donors (Lipinski definition) is 0. The van der Waals surface area contributed by atoms with Crippen molar-refractivity contribution in [1.82, 2.24) is 4.57 Å². The van der Waals surface area contributed by atoms with E-state index in [0.717, 1.165) is 23.0 Å². The quantitative estimate of drug-likeness (QED) is 0.467. The van der Waals surface area contributed by atoms with Gasteiger partial charge in [-0.3, -0.25) is 0 Å². The summed E-state index contributed by atoms with van der Waals surface area (Å²) in [6.45, 7) is 5.10. The number of nitriles is 2. The van der Waals surface area contributed by atoms with E-state index >= 15 is 0 Å². The lowest BCUT2D eigenvalue weighted by Crippen LogP contribution is -2.00. The Bertz CT molecular complexity index is 1090. The van der Waals surface area contributed by atoms with Crippen LogP contribution in [0.4, 0.5) is 0 Å². The summed E-state index contributed by atoms with van der Waals surface area (Å²) in [6.07, 6.45) is 3.83. The molecule has 0 amide bonds. The molecule has 2 aromatic carbocycles. The van der Waals surface area contributed by atoms with Gasteiger partial charge in [0.15, 0.2) is 0 Å². The number of hydrogen-bond acceptors (Lipinski definition) is 3. The number of allylic oxidation sites excluding steroid dienone is 1. The molecule has 0 aliphatic rings. The lowest BCUT2D eigenvalue weighted by Gasteiger charge is -2.09. The molecule has 0 atom stereocenters. The molecule has 0 aliphatic carbocycles. The minimum Gasteiger partial charge on any atom is -0.496 e. The van der Waals surface area contributed by atoms with Crippen LogP contribution in [0.25, 0.3) is 22.6 Å². The predicted octanol–water partition coefficient (Wildman–Crippen LogP) is 5.20. The van der Waals surface area contributed by atoms with E-state index in [2.05, 4.69) is 42.8 Å². The minimum absolute atomic E-state index is 0.524. The maximum absolute atomic E-state index is 9.69. The van der Waals surface area contributed by atoms with Gasteiger partial charge in [0, 0.05) is 29.2 Å². The molecular formula is C23H20N3O. The van der Waals surface area contributed by atoms with Gasteiger partial charge >= 0.3 is 0 Å². The summed E-state index contributed by atoms with van der Waals surface area (Å²) in [6, 6.07) is 17.6. The Labute approximate surface area is 159 Å². The van der Waals surface area contributed by atoms with Crippen LogP contribution in [0.3, 0.4) is 0 Å². The van der Waals surface area contributed by atoms with Gasteiger partial charge in [-0.15, -0.1) is 0 Å². The highest BCUT2D eigenvalue weighted by Crippen LogP contribution is 2.28. The molecule has 0 bridgehead atoms. The van der Waals surface area contributed by atoms with Crippen molar-refractivity contribution in [3.63, 3.8) is 0 Å². The number of rotatable bonds is 5. The smallest absolute Gasteiger partial charge is 0.126 e. The molecule has 133 valence electrons. The summed E-state index contributed by atoms with van der Waals surface area (Å²) in [5.74, 6) is 1.96. The summed E-state index contributed by atoms with van der Waals surface area (Å²) in [5, 5.41) is 19.9. The van der Waals surface area contributed by atoms with E-state index in [4.69, 9.17) is 10.00 Å². The average molecular weight is 354 g/mol. The molecular weight excluding hydrogens is 334 g/mol. The highest BCUT2D eigenvalue weighted by Gasteiger charge is 2.09. The van der Waals surface area contributed by atoms with Crippen LogP contribution in [0.5, 0.6) is 5.75 Å². The Morgan fingerprint density at radius 3 is 2.59 bits per heavy atom. The first kappa shape index (κ1) is 18.3. The summed E-state index contributed by atoms with van der Waals surface area (Å²) in [5.41, 5.74) is 3.74. The molecule has 27 heavy (non-hydrogen) atoms. The first-order valence-electron chi connectivity index (χ1n) is 8.64. The maximum Gasteiger partial charge on any atom is 0.126 e. The number of nitrogens with zero attached hydrogens (tertiary/aromatic N) is 3. The van der Waals surface area contributed by atoms with Crippen LogP contribution >= 0.6 is 0 Å². The van der Waals surface area contributed by atoms with Gasteiger partial charge < -0.3 is 9.30 Å². The van der Waals surface area contributed by atoms with Gasteiger partial charge in [0.2, 0.25) is 0 Å². The number of methoxy groups -OCH3 is 1. The topological polar surface area (TPSA) is 61.7 Å². The fourth-order valence-electron chi connectivity index (χ4n) is 3.10. The van der Waals surface area contributed by atoms with Crippen LogP contribution in [0, 0.1) is 28.6 Å². The Hall–Kier alpha value is -3.50. The highest BCUT2D eigenvalue weighted by atomic mass is 16.5. The molecule has 0 unspecified atom stereocenters. The van der Waals surface area contributed by atoms with Crippen LogP contribution in [0.2, 0.25) is 0 Å². The predicted molar refractivity (Wildman–Crippen MR) is 108 cm³/mol. The second-order valence-electron chi connectivity index (χ2n) is 6.66. The van der Waals surface area contributed by atoms with Gasteiger partial charge in [0.05, 0.1) is 30.4 Å². The number of fused-ring (bicyclic) bond motifs is 1. The Kier molecular flexibility index (Phi) is 5.29. The minimum atomic E-state index is 0.524. The van der Waals surface area contributed by atoms with Crippen LogP contribution in [-0.4, -0.2) is 11.7 Å². The highest BCUT2D eigenvalue weighted by molar-refractivity contribution is 5.94. The molecule has 3 rings (SSSR count). The van der Waals surface area contributed by atoms with Crippen molar-refractivity contribution in [3.05, 3.63) is 71.3 Å². The summed E-state index contributed by atoms with van der Waals surface area (Å²) < 4.78 is 7.57. The zero-order valence-corrected chi connectivity index (χ0v) is 15.7. The van der Waals surface area contributed by atoms with Crippen molar-refractivity contribution >= 4 is 22.6 Å². The lowest BCUT2D eigenvalue weighted by molar-refractivity contribution is 0.414. The van der Waals surface area contributed by atoms with Gasteiger partial charge in [0.25, 0.3) is 0 Å². The maximum atomic E-state index is 9.69. The monoisotopic (exact) mass is 354 g/mol.